The van der Waals surface area contributed by atoms with Crippen LogP contribution in [-0.2, 0) is 13.2 Å². The molecular formula is C15H15BrN2O3. The topological polar surface area (TPSA) is 64.4 Å². The number of nitro benzene ring substituents is 1. The number of non-ortho nitro benzene ring substituents is 1. The van der Waals surface area contributed by atoms with Crippen molar-refractivity contribution in [3.8, 4) is 5.75 Å². The second kappa shape index (κ2) is 7.19. The Bertz CT molecular complexity index is 629. The number of rotatable bonds is 6. The Morgan fingerprint density at radius 2 is 1.95 bits per heavy atom. The van der Waals surface area contributed by atoms with Gasteiger partial charge in [0.2, 0.25) is 0 Å². The highest BCUT2D eigenvalue weighted by atomic mass is 79.9. The molecule has 0 unspecified atom stereocenters. The maximum absolute atomic E-state index is 10.7. The molecule has 0 aliphatic rings. The third-order valence-electron chi connectivity index (χ3n) is 2.95. The fourth-order valence-corrected chi connectivity index (χ4v) is 2.32. The number of hydrogen-bond acceptors (Lipinski definition) is 4. The number of nitrogens with one attached hydrogen (secondary N) is 1. The summed E-state index contributed by atoms with van der Waals surface area (Å²) in [4.78, 5) is 10.3. The van der Waals surface area contributed by atoms with Gasteiger partial charge in [-0.05, 0) is 30.8 Å². The normalized spacial score (nSPS) is 10.4. The molecule has 0 radical (unpaired) electrons. The van der Waals surface area contributed by atoms with Gasteiger partial charge in [-0.3, -0.25) is 10.1 Å². The Kier molecular flexibility index (Phi) is 5.30. The highest BCUT2D eigenvalue weighted by Crippen LogP contribution is 2.24. The van der Waals surface area contributed by atoms with E-state index in [-0.39, 0.29) is 5.69 Å². The molecule has 0 saturated heterocycles. The van der Waals surface area contributed by atoms with Crippen molar-refractivity contribution in [2.75, 3.05) is 7.05 Å². The maximum Gasteiger partial charge on any atom is 0.270 e. The molecule has 0 bridgehead atoms. The molecule has 6 heteroatoms. The van der Waals surface area contributed by atoms with Gasteiger partial charge in [-0.25, -0.2) is 0 Å². The molecule has 21 heavy (non-hydrogen) atoms. The average Bonchev–Trinajstić information content (AvgIpc) is 2.47. The van der Waals surface area contributed by atoms with E-state index in [4.69, 9.17) is 4.74 Å². The van der Waals surface area contributed by atoms with E-state index < -0.39 is 4.92 Å². The highest BCUT2D eigenvalue weighted by molar-refractivity contribution is 9.10. The lowest BCUT2D eigenvalue weighted by Gasteiger charge is -2.08. The van der Waals surface area contributed by atoms with Gasteiger partial charge in [0.15, 0.2) is 0 Å². The summed E-state index contributed by atoms with van der Waals surface area (Å²) in [5, 5.41) is 13.8. The summed E-state index contributed by atoms with van der Waals surface area (Å²) < 4.78 is 6.36. The highest BCUT2D eigenvalue weighted by Gasteiger charge is 2.09. The number of hydrogen-bond donors (Lipinski definition) is 1. The smallest absolute Gasteiger partial charge is 0.270 e. The second-order valence-corrected chi connectivity index (χ2v) is 5.35. The van der Waals surface area contributed by atoms with Crippen molar-refractivity contribution >= 4 is 21.6 Å². The van der Waals surface area contributed by atoms with Crippen molar-refractivity contribution in [3.05, 3.63) is 68.2 Å². The first-order valence-electron chi connectivity index (χ1n) is 6.39. The van der Waals surface area contributed by atoms with Gasteiger partial charge >= 0.3 is 0 Å². The molecule has 2 rings (SSSR count). The van der Waals surface area contributed by atoms with Crippen LogP contribution < -0.4 is 10.1 Å². The lowest BCUT2D eigenvalue weighted by atomic mass is 10.2. The minimum atomic E-state index is -0.421. The van der Waals surface area contributed by atoms with Crippen LogP contribution in [0.3, 0.4) is 0 Å². The maximum atomic E-state index is 10.7. The van der Waals surface area contributed by atoms with Crippen LogP contribution in [0.15, 0.2) is 46.9 Å². The number of ether oxygens (including phenoxy) is 1. The minimum Gasteiger partial charge on any atom is -0.489 e. The van der Waals surface area contributed by atoms with E-state index in [1.54, 1.807) is 6.07 Å². The molecule has 0 aliphatic heterocycles. The number of benzene rings is 2. The molecule has 0 aromatic heterocycles. The van der Waals surface area contributed by atoms with Gasteiger partial charge in [-0.2, -0.15) is 0 Å². The summed E-state index contributed by atoms with van der Waals surface area (Å²) in [5.41, 5.74) is 2.10. The molecule has 0 heterocycles. The monoisotopic (exact) mass is 350 g/mol. The molecule has 5 nitrogen and oxygen atoms in total. The summed E-state index contributed by atoms with van der Waals surface area (Å²) in [6.45, 7) is 1.16. The number of nitrogens with zero attached hydrogens (tertiary/aromatic N) is 1. The molecule has 0 spiro atoms. The van der Waals surface area contributed by atoms with E-state index in [9.17, 15) is 10.1 Å². The zero-order chi connectivity index (χ0) is 15.2. The predicted octanol–water partition coefficient (Wildman–Crippen LogP) is 3.66. The van der Waals surface area contributed by atoms with E-state index in [2.05, 4.69) is 21.2 Å². The van der Waals surface area contributed by atoms with Crippen LogP contribution in [-0.4, -0.2) is 12.0 Å². The van der Waals surface area contributed by atoms with Crippen molar-refractivity contribution < 1.29 is 9.66 Å². The molecule has 0 saturated carbocycles. The Labute approximate surface area is 131 Å². The van der Waals surface area contributed by atoms with Gasteiger partial charge < -0.3 is 10.1 Å². The third kappa shape index (κ3) is 4.27. The van der Waals surface area contributed by atoms with Gasteiger partial charge in [0.1, 0.15) is 12.4 Å². The van der Waals surface area contributed by atoms with Gasteiger partial charge in [-0.15, -0.1) is 0 Å². The quantitative estimate of drug-likeness (QED) is 0.637. The summed E-state index contributed by atoms with van der Waals surface area (Å²) >= 11 is 3.33. The number of halogens is 1. The molecule has 1 N–H and O–H groups in total. The van der Waals surface area contributed by atoms with Gasteiger partial charge in [-0.1, -0.05) is 28.1 Å². The van der Waals surface area contributed by atoms with E-state index in [0.29, 0.717) is 11.1 Å². The summed E-state index contributed by atoms with van der Waals surface area (Å²) in [5.74, 6) is 0.764. The zero-order valence-electron chi connectivity index (χ0n) is 11.5. The second-order valence-electron chi connectivity index (χ2n) is 4.50. The largest absolute Gasteiger partial charge is 0.489 e. The van der Waals surface area contributed by atoms with Crippen LogP contribution in [0.4, 0.5) is 5.69 Å². The lowest BCUT2D eigenvalue weighted by molar-refractivity contribution is -0.384. The van der Waals surface area contributed by atoms with Crippen molar-refractivity contribution in [3.63, 3.8) is 0 Å². The first kappa shape index (κ1) is 15.5. The van der Waals surface area contributed by atoms with Gasteiger partial charge in [0.25, 0.3) is 5.69 Å². The minimum absolute atomic E-state index is 0.0574. The fraction of sp³-hybridized carbons (Fsp3) is 0.200. The van der Waals surface area contributed by atoms with Gasteiger partial charge in [0, 0.05) is 28.7 Å². The number of nitro groups is 1. The Balaban J connectivity index is 2.01. The van der Waals surface area contributed by atoms with E-state index in [1.165, 1.54) is 17.7 Å². The first-order valence-corrected chi connectivity index (χ1v) is 7.18. The van der Waals surface area contributed by atoms with Crippen LogP contribution in [0.1, 0.15) is 11.1 Å². The molecular weight excluding hydrogens is 336 g/mol. The fourth-order valence-electron chi connectivity index (χ4n) is 1.84. The summed E-state index contributed by atoms with van der Waals surface area (Å²) in [6, 6.07) is 12.5. The Hall–Kier alpha value is -1.92. The van der Waals surface area contributed by atoms with E-state index >= 15 is 0 Å². The summed E-state index contributed by atoms with van der Waals surface area (Å²) in [7, 11) is 1.90. The molecule has 0 fully saturated rings. The van der Waals surface area contributed by atoms with Crippen LogP contribution in [0.2, 0.25) is 0 Å². The van der Waals surface area contributed by atoms with Crippen LogP contribution in [0.5, 0.6) is 5.75 Å². The Morgan fingerprint density at radius 3 is 2.52 bits per heavy atom. The van der Waals surface area contributed by atoms with Crippen LogP contribution in [0.25, 0.3) is 0 Å². The zero-order valence-corrected chi connectivity index (χ0v) is 13.1. The van der Waals surface area contributed by atoms with E-state index in [0.717, 1.165) is 17.9 Å². The SMILES string of the molecule is CNCc1ccc(OCc2ccc([N+](=O)[O-])cc2Br)cc1. The predicted molar refractivity (Wildman–Crippen MR) is 84.3 cm³/mol. The lowest BCUT2D eigenvalue weighted by Crippen LogP contribution is -2.04. The molecule has 0 amide bonds. The molecule has 0 aliphatic carbocycles. The Morgan fingerprint density at radius 1 is 1.24 bits per heavy atom. The van der Waals surface area contributed by atoms with Gasteiger partial charge in [0.05, 0.1) is 4.92 Å². The molecule has 0 atom stereocenters. The van der Waals surface area contributed by atoms with E-state index in [1.807, 2.05) is 31.3 Å². The summed E-state index contributed by atoms with van der Waals surface area (Å²) in [6.07, 6.45) is 0. The van der Waals surface area contributed by atoms with Crippen molar-refractivity contribution in [2.45, 2.75) is 13.2 Å². The van der Waals surface area contributed by atoms with Crippen molar-refractivity contribution in [2.24, 2.45) is 0 Å². The third-order valence-corrected chi connectivity index (χ3v) is 3.68. The van der Waals surface area contributed by atoms with Crippen LogP contribution >= 0.6 is 15.9 Å². The molecule has 2 aromatic rings. The van der Waals surface area contributed by atoms with Crippen molar-refractivity contribution in [1.29, 1.82) is 0 Å². The first-order chi connectivity index (χ1) is 10.1. The van der Waals surface area contributed by atoms with Crippen LogP contribution in [0, 0.1) is 10.1 Å². The standard InChI is InChI=1S/C15H15BrN2O3/c1-17-9-11-2-6-14(7-3-11)21-10-12-4-5-13(18(19)20)8-15(12)16/h2-8,17H,9-10H2,1H3. The average molecular weight is 351 g/mol. The molecule has 2 aromatic carbocycles. The molecule has 110 valence electrons. The van der Waals surface area contributed by atoms with Crippen molar-refractivity contribution in [1.82, 2.24) is 5.32 Å².